The number of hydrogen-bond donors (Lipinski definition) is 1. The van der Waals surface area contributed by atoms with Gasteiger partial charge in [-0.05, 0) is 30.7 Å². The van der Waals surface area contributed by atoms with Crippen LogP contribution >= 0.6 is 11.6 Å². The van der Waals surface area contributed by atoms with Crippen LogP contribution in [0.2, 0.25) is 5.02 Å². The van der Waals surface area contributed by atoms with Crippen molar-refractivity contribution >= 4 is 29.2 Å². The molecule has 0 aliphatic carbocycles. The van der Waals surface area contributed by atoms with Crippen molar-refractivity contribution in [2.45, 2.75) is 12.8 Å². The molecule has 0 radical (unpaired) electrons. The highest BCUT2D eigenvalue weighted by Crippen LogP contribution is 2.25. The Bertz CT molecular complexity index is 444. The molecule has 1 fully saturated rings. The van der Waals surface area contributed by atoms with Crippen molar-refractivity contribution in [3.05, 3.63) is 29.3 Å². The number of anilines is 1. The summed E-state index contributed by atoms with van der Waals surface area (Å²) in [5.41, 5.74) is 0.699. The molecule has 1 aliphatic rings. The molecule has 1 amide bonds. The molecule has 0 bridgehead atoms. The minimum Gasteiger partial charge on any atom is -0.481 e. The van der Waals surface area contributed by atoms with Crippen molar-refractivity contribution in [2.24, 2.45) is 5.92 Å². The van der Waals surface area contributed by atoms with Crippen LogP contribution in [0.3, 0.4) is 0 Å². The number of carbonyl (C=O) groups excluding carboxylic acids is 1. The summed E-state index contributed by atoms with van der Waals surface area (Å²) in [5, 5.41) is 9.56. The third kappa shape index (κ3) is 2.58. The minimum absolute atomic E-state index is 0.0372. The molecule has 1 atom stereocenters. The van der Waals surface area contributed by atoms with Gasteiger partial charge >= 0.3 is 5.97 Å². The Hall–Kier alpha value is -1.55. The Morgan fingerprint density at radius 2 is 2.00 bits per heavy atom. The lowest BCUT2D eigenvalue weighted by Gasteiger charge is -2.30. The van der Waals surface area contributed by atoms with Gasteiger partial charge in [0.1, 0.15) is 0 Å². The Balaban J connectivity index is 2.20. The van der Waals surface area contributed by atoms with Gasteiger partial charge in [0.25, 0.3) is 0 Å². The van der Waals surface area contributed by atoms with Crippen LogP contribution in [0.4, 0.5) is 5.69 Å². The quantitative estimate of drug-likeness (QED) is 0.879. The van der Waals surface area contributed by atoms with Crippen LogP contribution in [-0.2, 0) is 9.59 Å². The fourth-order valence-electron chi connectivity index (χ4n) is 1.92. The topological polar surface area (TPSA) is 57.6 Å². The first-order valence-electron chi connectivity index (χ1n) is 5.36. The third-order valence-electron chi connectivity index (χ3n) is 2.90. The summed E-state index contributed by atoms with van der Waals surface area (Å²) in [5.74, 6) is -1.37. The van der Waals surface area contributed by atoms with E-state index in [0.29, 0.717) is 17.1 Å². The number of aliphatic carboxylic acids is 1. The molecule has 2 rings (SSSR count). The van der Waals surface area contributed by atoms with Gasteiger partial charge in [-0.2, -0.15) is 0 Å². The van der Waals surface area contributed by atoms with Gasteiger partial charge in [-0.15, -0.1) is 0 Å². The van der Waals surface area contributed by atoms with Gasteiger partial charge in [-0.25, -0.2) is 0 Å². The zero-order chi connectivity index (χ0) is 12.4. The second-order valence-corrected chi connectivity index (χ2v) is 4.49. The second kappa shape index (κ2) is 4.75. The number of amides is 1. The van der Waals surface area contributed by atoms with E-state index in [1.54, 1.807) is 24.3 Å². The lowest BCUT2D eigenvalue weighted by molar-refractivity contribution is -0.142. The van der Waals surface area contributed by atoms with Gasteiger partial charge in [0.2, 0.25) is 5.91 Å². The number of hydrogen-bond acceptors (Lipinski definition) is 2. The Morgan fingerprint density at radius 3 is 2.59 bits per heavy atom. The fourth-order valence-corrected chi connectivity index (χ4v) is 2.04. The molecular formula is C12H12ClNO3. The predicted octanol–water partition coefficient (Wildman–Crippen LogP) is 2.17. The Morgan fingerprint density at radius 1 is 1.35 bits per heavy atom. The van der Waals surface area contributed by atoms with E-state index in [2.05, 4.69) is 0 Å². The number of carboxylic acid groups (broad SMARTS) is 1. The molecule has 90 valence electrons. The van der Waals surface area contributed by atoms with Crippen LogP contribution in [0.1, 0.15) is 12.8 Å². The maximum atomic E-state index is 11.7. The number of carboxylic acids is 1. The van der Waals surface area contributed by atoms with Crippen LogP contribution in [-0.4, -0.2) is 23.5 Å². The standard InChI is InChI=1S/C12H12ClNO3/c13-9-2-4-10(5-3-9)14-7-8(12(16)17)1-6-11(14)15/h2-5,8H,1,6-7H2,(H,16,17). The SMILES string of the molecule is O=C(O)C1CCC(=O)N(c2ccc(Cl)cc2)C1. The van der Waals surface area contributed by atoms with E-state index in [4.69, 9.17) is 16.7 Å². The van der Waals surface area contributed by atoms with Crippen molar-refractivity contribution < 1.29 is 14.7 Å². The maximum absolute atomic E-state index is 11.7. The zero-order valence-corrected chi connectivity index (χ0v) is 9.85. The predicted molar refractivity (Wildman–Crippen MR) is 64.2 cm³/mol. The van der Waals surface area contributed by atoms with Gasteiger partial charge in [0.15, 0.2) is 0 Å². The van der Waals surface area contributed by atoms with Crippen molar-refractivity contribution in [2.75, 3.05) is 11.4 Å². The average Bonchev–Trinajstić information content (AvgIpc) is 2.31. The summed E-state index contributed by atoms with van der Waals surface area (Å²) in [6.45, 7) is 0.232. The largest absolute Gasteiger partial charge is 0.481 e. The Labute approximate surface area is 104 Å². The van der Waals surface area contributed by atoms with Crippen LogP contribution in [0.15, 0.2) is 24.3 Å². The van der Waals surface area contributed by atoms with Crippen molar-refractivity contribution in [1.82, 2.24) is 0 Å². The molecule has 1 aromatic rings. The molecule has 17 heavy (non-hydrogen) atoms. The number of carbonyl (C=O) groups is 2. The smallest absolute Gasteiger partial charge is 0.308 e. The summed E-state index contributed by atoms with van der Waals surface area (Å²) in [6.07, 6.45) is 0.692. The van der Waals surface area contributed by atoms with Crippen LogP contribution in [0.25, 0.3) is 0 Å². The monoisotopic (exact) mass is 253 g/mol. The van der Waals surface area contributed by atoms with E-state index in [0.717, 1.165) is 0 Å². The third-order valence-corrected chi connectivity index (χ3v) is 3.15. The molecule has 1 aliphatic heterocycles. The first-order chi connectivity index (χ1) is 8.08. The van der Waals surface area contributed by atoms with Gasteiger partial charge < -0.3 is 10.0 Å². The van der Waals surface area contributed by atoms with E-state index in [1.807, 2.05) is 0 Å². The van der Waals surface area contributed by atoms with Gasteiger partial charge in [-0.1, -0.05) is 11.6 Å². The van der Waals surface area contributed by atoms with E-state index in [-0.39, 0.29) is 18.9 Å². The maximum Gasteiger partial charge on any atom is 0.308 e. The van der Waals surface area contributed by atoms with Crippen molar-refractivity contribution in [3.8, 4) is 0 Å². The summed E-state index contributed by atoms with van der Waals surface area (Å²) in [4.78, 5) is 24.2. The first kappa shape index (κ1) is 11.9. The van der Waals surface area contributed by atoms with E-state index in [9.17, 15) is 9.59 Å². The highest BCUT2D eigenvalue weighted by molar-refractivity contribution is 6.30. The van der Waals surface area contributed by atoms with Gasteiger partial charge in [0, 0.05) is 23.7 Å². The highest BCUT2D eigenvalue weighted by Gasteiger charge is 2.30. The Kier molecular flexibility index (Phi) is 3.33. The first-order valence-corrected chi connectivity index (χ1v) is 5.74. The van der Waals surface area contributed by atoms with Crippen molar-refractivity contribution in [1.29, 1.82) is 0 Å². The molecule has 4 nitrogen and oxygen atoms in total. The summed E-state index contributed by atoms with van der Waals surface area (Å²) in [6, 6.07) is 6.83. The van der Waals surface area contributed by atoms with Crippen LogP contribution < -0.4 is 4.90 Å². The molecule has 1 unspecified atom stereocenters. The number of rotatable bonds is 2. The number of benzene rings is 1. The average molecular weight is 254 g/mol. The molecule has 1 N–H and O–H groups in total. The summed E-state index contributed by atoms with van der Waals surface area (Å²) in [7, 11) is 0. The summed E-state index contributed by atoms with van der Waals surface area (Å²) < 4.78 is 0. The lowest BCUT2D eigenvalue weighted by Crippen LogP contribution is -2.42. The normalized spacial score (nSPS) is 20.4. The molecular weight excluding hydrogens is 242 g/mol. The number of piperidine rings is 1. The van der Waals surface area contributed by atoms with Gasteiger partial charge in [0.05, 0.1) is 5.92 Å². The van der Waals surface area contributed by atoms with E-state index >= 15 is 0 Å². The summed E-state index contributed by atoms with van der Waals surface area (Å²) >= 11 is 5.77. The highest BCUT2D eigenvalue weighted by atomic mass is 35.5. The second-order valence-electron chi connectivity index (χ2n) is 4.05. The van der Waals surface area contributed by atoms with Gasteiger partial charge in [-0.3, -0.25) is 9.59 Å². The minimum atomic E-state index is -0.850. The molecule has 1 aromatic carbocycles. The molecule has 0 saturated carbocycles. The molecule has 5 heteroatoms. The molecule has 0 aromatic heterocycles. The number of halogens is 1. The number of nitrogens with zero attached hydrogens (tertiary/aromatic N) is 1. The lowest BCUT2D eigenvalue weighted by atomic mass is 9.97. The molecule has 1 heterocycles. The van der Waals surface area contributed by atoms with Crippen LogP contribution in [0.5, 0.6) is 0 Å². The molecule has 1 saturated heterocycles. The fraction of sp³-hybridized carbons (Fsp3) is 0.333. The van der Waals surface area contributed by atoms with E-state index < -0.39 is 11.9 Å². The molecule has 0 spiro atoms. The zero-order valence-electron chi connectivity index (χ0n) is 9.10. The van der Waals surface area contributed by atoms with Crippen molar-refractivity contribution in [3.63, 3.8) is 0 Å². The van der Waals surface area contributed by atoms with Crippen LogP contribution in [0, 0.1) is 5.92 Å². The van der Waals surface area contributed by atoms with E-state index in [1.165, 1.54) is 4.90 Å².